The van der Waals surface area contributed by atoms with E-state index < -0.39 is 17.8 Å². The number of esters is 1. The Morgan fingerprint density at radius 2 is 2.04 bits per heavy atom. The lowest BCUT2D eigenvalue weighted by molar-refractivity contribution is -0.142. The highest BCUT2D eigenvalue weighted by Crippen LogP contribution is 2.17. The van der Waals surface area contributed by atoms with Crippen molar-refractivity contribution in [3.8, 4) is 5.75 Å². The van der Waals surface area contributed by atoms with Crippen LogP contribution in [0.25, 0.3) is 0 Å². The van der Waals surface area contributed by atoms with Gasteiger partial charge in [0.05, 0.1) is 25.5 Å². The Hall–Kier alpha value is -3.29. The molecule has 1 aromatic heterocycles. The van der Waals surface area contributed by atoms with Gasteiger partial charge < -0.3 is 24.5 Å². The number of carbonyl (C=O) groups excluding carboxylic acids is 3. The Morgan fingerprint density at radius 3 is 2.75 bits per heavy atom. The molecule has 2 rings (SSSR count). The summed E-state index contributed by atoms with van der Waals surface area (Å²) in [4.78, 5) is 34.6. The Balaban J connectivity index is 1.83. The number of rotatable bonds is 7. The highest BCUT2D eigenvalue weighted by atomic mass is 16.6. The number of nitrogens with one attached hydrogen (secondary N) is 2. The molecule has 8 nitrogen and oxygen atoms in total. The molecule has 2 amide bonds. The fraction of sp³-hybridized carbons (Fsp3) is 0.188. The maximum Gasteiger partial charge on any atom is 0.343 e. The van der Waals surface area contributed by atoms with Gasteiger partial charge in [0.1, 0.15) is 12.0 Å². The number of carbonyl (C=O) groups is 3. The highest BCUT2D eigenvalue weighted by molar-refractivity contribution is 5.99. The minimum absolute atomic E-state index is 0.197. The number of benzene rings is 1. The van der Waals surface area contributed by atoms with Crippen LogP contribution >= 0.6 is 0 Å². The molecule has 1 aromatic carbocycles. The molecule has 0 unspecified atom stereocenters. The van der Waals surface area contributed by atoms with Crippen LogP contribution in [0.15, 0.2) is 47.3 Å². The van der Waals surface area contributed by atoms with E-state index in [1.165, 1.54) is 25.7 Å². The average molecular weight is 332 g/mol. The SMILES string of the molecule is COC(=O)COc1cccc(NC(=O)CNC(=O)c2ccoc2)c1. The van der Waals surface area contributed by atoms with Gasteiger partial charge in [-0.15, -0.1) is 0 Å². The summed E-state index contributed by atoms with van der Waals surface area (Å²) in [5.41, 5.74) is 0.806. The minimum Gasteiger partial charge on any atom is -0.482 e. The van der Waals surface area contributed by atoms with Crippen molar-refractivity contribution in [2.24, 2.45) is 0 Å². The molecular formula is C16H16N2O6. The van der Waals surface area contributed by atoms with Crippen molar-refractivity contribution in [2.75, 3.05) is 25.6 Å². The zero-order chi connectivity index (χ0) is 17.4. The van der Waals surface area contributed by atoms with Crippen LogP contribution in [-0.4, -0.2) is 38.0 Å². The summed E-state index contributed by atoms with van der Waals surface area (Å²) in [5.74, 6) is -0.918. The molecule has 0 atom stereocenters. The van der Waals surface area contributed by atoms with E-state index in [2.05, 4.69) is 15.4 Å². The summed E-state index contributed by atoms with van der Waals surface area (Å²) in [5, 5.41) is 5.08. The van der Waals surface area contributed by atoms with Crippen LogP contribution < -0.4 is 15.4 Å². The number of furan rings is 1. The van der Waals surface area contributed by atoms with Crippen LogP contribution in [0.2, 0.25) is 0 Å². The summed E-state index contributed by atoms with van der Waals surface area (Å²) in [6.45, 7) is -0.425. The summed E-state index contributed by atoms with van der Waals surface area (Å²) < 4.78 is 14.5. The lowest BCUT2D eigenvalue weighted by Gasteiger charge is -2.09. The molecule has 0 saturated carbocycles. The van der Waals surface area contributed by atoms with Crippen molar-refractivity contribution < 1.29 is 28.3 Å². The Bertz CT molecular complexity index is 711. The summed E-state index contributed by atoms with van der Waals surface area (Å²) >= 11 is 0. The highest BCUT2D eigenvalue weighted by Gasteiger charge is 2.09. The molecule has 0 fully saturated rings. The molecule has 0 aliphatic carbocycles. The Labute approximate surface area is 137 Å². The van der Waals surface area contributed by atoms with Crippen LogP contribution in [0.1, 0.15) is 10.4 Å². The topological polar surface area (TPSA) is 107 Å². The fourth-order valence-corrected chi connectivity index (χ4v) is 1.73. The molecule has 0 saturated heterocycles. The quantitative estimate of drug-likeness (QED) is 0.738. The lowest BCUT2D eigenvalue weighted by atomic mass is 10.3. The third-order valence-electron chi connectivity index (χ3n) is 2.90. The summed E-state index contributed by atoms with van der Waals surface area (Å²) in [7, 11) is 1.26. The number of amides is 2. The van der Waals surface area contributed by atoms with E-state index >= 15 is 0 Å². The standard InChI is InChI=1S/C16H16N2O6/c1-22-15(20)10-24-13-4-2-3-12(7-13)18-14(19)8-17-16(21)11-5-6-23-9-11/h2-7,9H,8,10H2,1H3,(H,17,21)(H,18,19). The van der Waals surface area contributed by atoms with Crippen molar-refractivity contribution in [3.05, 3.63) is 48.4 Å². The second kappa shape index (κ2) is 8.37. The van der Waals surface area contributed by atoms with Gasteiger partial charge in [-0.2, -0.15) is 0 Å². The van der Waals surface area contributed by atoms with E-state index in [1.54, 1.807) is 24.3 Å². The molecule has 126 valence electrons. The number of anilines is 1. The van der Waals surface area contributed by atoms with E-state index in [-0.39, 0.29) is 13.2 Å². The van der Waals surface area contributed by atoms with Crippen LogP contribution in [0, 0.1) is 0 Å². The zero-order valence-corrected chi connectivity index (χ0v) is 12.9. The number of ether oxygens (including phenoxy) is 2. The van der Waals surface area contributed by atoms with Gasteiger partial charge in [0.25, 0.3) is 5.91 Å². The molecule has 0 aliphatic rings. The molecule has 24 heavy (non-hydrogen) atoms. The first-order valence-corrected chi connectivity index (χ1v) is 6.98. The largest absolute Gasteiger partial charge is 0.482 e. The van der Waals surface area contributed by atoms with Crippen molar-refractivity contribution in [3.63, 3.8) is 0 Å². The fourth-order valence-electron chi connectivity index (χ4n) is 1.73. The van der Waals surface area contributed by atoms with Gasteiger partial charge in [-0.25, -0.2) is 4.79 Å². The first-order chi connectivity index (χ1) is 11.6. The zero-order valence-electron chi connectivity index (χ0n) is 12.9. The molecule has 0 radical (unpaired) electrons. The summed E-state index contributed by atoms with van der Waals surface area (Å²) in [6.07, 6.45) is 2.66. The van der Waals surface area contributed by atoms with Crippen LogP contribution in [0.3, 0.4) is 0 Å². The van der Waals surface area contributed by atoms with Gasteiger partial charge in [-0.1, -0.05) is 6.07 Å². The first kappa shape index (κ1) is 17.1. The molecule has 1 heterocycles. The van der Waals surface area contributed by atoms with E-state index in [9.17, 15) is 14.4 Å². The van der Waals surface area contributed by atoms with Crippen molar-refractivity contribution in [1.29, 1.82) is 0 Å². The van der Waals surface area contributed by atoms with Gasteiger partial charge in [0.2, 0.25) is 5.91 Å². The monoisotopic (exact) mass is 332 g/mol. The molecule has 0 bridgehead atoms. The van der Waals surface area contributed by atoms with Gasteiger partial charge >= 0.3 is 5.97 Å². The lowest BCUT2D eigenvalue weighted by Crippen LogP contribution is -2.32. The van der Waals surface area contributed by atoms with Crippen LogP contribution in [0.4, 0.5) is 5.69 Å². The smallest absolute Gasteiger partial charge is 0.343 e. The second-order valence-corrected chi connectivity index (χ2v) is 4.64. The normalized spacial score (nSPS) is 9.88. The van der Waals surface area contributed by atoms with E-state index in [0.29, 0.717) is 17.0 Å². The minimum atomic E-state index is -0.508. The Kier molecular flexibility index (Phi) is 5.95. The average Bonchev–Trinajstić information content (AvgIpc) is 3.12. The van der Waals surface area contributed by atoms with E-state index in [4.69, 9.17) is 9.15 Å². The number of hydrogen-bond donors (Lipinski definition) is 2. The van der Waals surface area contributed by atoms with Crippen LogP contribution in [0.5, 0.6) is 5.75 Å². The predicted octanol–water partition coefficient (Wildman–Crippen LogP) is 1.20. The van der Waals surface area contributed by atoms with E-state index in [0.717, 1.165) is 0 Å². The van der Waals surface area contributed by atoms with Gasteiger partial charge in [0, 0.05) is 11.8 Å². The van der Waals surface area contributed by atoms with Crippen molar-refractivity contribution in [1.82, 2.24) is 5.32 Å². The predicted molar refractivity (Wildman–Crippen MR) is 83.6 cm³/mol. The molecule has 8 heteroatoms. The number of hydrogen-bond acceptors (Lipinski definition) is 6. The molecule has 0 spiro atoms. The third kappa shape index (κ3) is 5.16. The molecule has 2 N–H and O–H groups in total. The molecular weight excluding hydrogens is 316 g/mol. The third-order valence-corrected chi connectivity index (χ3v) is 2.90. The van der Waals surface area contributed by atoms with Gasteiger partial charge in [-0.3, -0.25) is 9.59 Å². The van der Waals surface area contributed by atoms with Crippen molar-refractivity contribution in [2.45, 2.75) is 0 Å². The molecule has 0 aliphatic heterocycles. The molecule has 2 aromatic rings. The second-order valence-electron chi connectivity index (χ2n) is 4.64. The Morgan fingerprint density at radius 1 is 1.21 bits per heavy atom. The number of methoxy groups -OCH3 is 1. The maximum atomic E-state index is 11.8. The van der Waals surface area contributed by atoms with E-state index in [1.807, 2.05) is 0 Å². The summed E-state index contributed by atoms with van der Waals surface area (Å²) in [6, 6.07) is 8.00. The van der Waals surface area contributed by atoms with Gasteiger partial charge in [0.15, 0.2) is 6.61 Å². The maximum absolute atomic E-state index is 11.8. The van der Waals surface area contributed by atoms with Crippen molar-refractivity contribution >= 4 is 23.5 Å². The first-order valence-electron chi connectivity index (χ1n) is 6.98. The van der Waals surface area contributed by atoms with Gasteiger partial charge in [-0.05, 0) is 18.2 Å². The van der Waals surface area contributed by atoms with Crippen LogP contribution in [-0.2, 0) is 14.3 Å².